The Morgan fingerprint density at radius 3 is 2.69 bits per heavy atom. The molecule has 29 heavy (non-hydrogen) atoms. The fraction of sp³-hybridized carbons (Fsp3) is 0.455. The standard InChI is InChI=1S/C22H31N5OS/c1-17(18-8-5-9-19(16-18)27-13-3-4-14-27)26-22(23-2)25-12-7-11-24-21(28)20-10-6-15-29-20/h5-6,8-10,15-17H,3-4,7,11-14H2,1-2H3,(H,24,28)(H2,23,25,26). The Hall–Kier alpha value is -2.54. The first kappa shape index (κ1) is 21.2. The van der Waals surface area contributed by atoms with Gasteiger partial charge in [-0.25, -0.2) is 0 Å². The van der Waals surface area contributed by atoms with E-state index in [4.69, 9.17) is 0 Å². The van der Waals surface area contributed by atoms with Crippen molar-refractivity contribution in [1.82, 2.24) is 16.0 Å². The summed E-state index contributed by atoms with van der Waals surface area (Å²) in [6.45, 7) is 5.82. The van der Waals surface area contributed by atoms with Crippen molar-refractivity contribution in [2.24, 2.45) is 4.99 Å². The van der Waals surface area contributed by atoms with E-state index in [-0.39, 0.29) is 11.9 Å². The number of carbonyl (C=O) groups excluding carboxylic acids is 1. The lowest BCUT2D eigenvalue weighted by Gasteiger charge is -2.22. The van der Waals surface area contributed by atoms with Crippen LogP contribution in [0.4, 0.5) is 5.69 Å². The van der Waals surface area contributed by atoms with Gasteiger partial charge >= 0.3 is 0 Å². The van der Waals surface area contributed by atoms with Gasteiger partial charge in [0.2, 0.25) is 0 Å². The molecule has 1 aliphatic heterocycles. The van der Waals surface area contributed by atoms with E-state index in [0.29, 0.717) is 6.54 Å². The summed E-state index contributed by atoms with van der Waals surface area (Å²) in [4.78, 5) is 19.5. The number of rotatable bonds is 8. The Balaban J connectivity index is 1.41. The average Bonchev–Trinajstić information content (AvgIpc) is 3.46. The first-order valence-electron chi connectivity index (χ1n) is 10.3. The maximum atomic E-state index is 11.9. The van der Waals surface area contributed by atoms with Crippen LogP contribution in [0.15, 0.2) is 46.8 Å². The number of hydrogen-bond donors (Lipinski definition) is 3. The van der Waals surface area contributed by atoms with Gasteiger partial charge in [-0.2, -0.15) is 0 Å². The Morgan fingerprint density at radius 2 is 1.97 bits per heavy atom. The molecule has 1 amide bonds. The molecule has 0 saturated carbocycles. The number of nitrogens with zero attached hydrogens (tertiary/aromatic N) is 2. The molecule has 0 radical (unpaired) electrons. The minimum absolute atomic E-state index is 0.00554. The van der Waals surface area contributed by atoms with E-state index in [1.54, 1.807) is 7.05 Å². The van der Waals surface area contributed by atoms with Crippen LogP contribution >= 0.6 is 11.3 Å². The molecule has 2 heterocycles. The highest BCUT2D eigenvalue weighted by atomic mass is 32.1. The molecule has 3 rings (SSSR count). The summed E-state index contributed by atoms with van der Waals surface area (Å²) in [6.07, 6.45) is 3.39. The van der Waals surface area contributed by atoms with Gasteiger partial charge in [-0.15, -0.1) is 11.3 Å². The third-order valence-corrected chi connectivity index (χ3v) is 5.96. The van der Waals surface area contributed by atoms with Crippen LogP contribution in [0.1, 0.15) is 47.5 Å². The van der Waals surface area contributed by atoms with Crippen molar-refractivity contribution in [3.63, 3.8) is 0 Å². The minimum atomic E-state index is -0.00554. The van der Waals surface area contributed by atoms with Gasteiger partial charge in [-0.3, -0.25) is 9.79 Å². The van der Waals surface area contributed by atoms with Gasteiger partial charge in [0.05, 0.1) is 10.9 Å². The highest BCUT2D eigenvalue weighted by Gasteiger charge is 2.14. The van der Waals surface area contributed by atoms with Gasteiger partial charge < -0.3 is 20.9 Å². The largest absolute Gasteiger partial charge is 0.372 e. The monoisotopic (exact) mass is 413 g/mol. The molecule has 1 saturated heterocycles. The third-order valence-electron chi connectivity index (χ3n) is 5.09. The predicted octanol–water partition coefficient (Wildman–Crippen LogP) is 3.39. The molecule has 0 spiro atoms. The van der Waals surface area contributed by atoms with Crippen LogP contribution in [0, 0.1) is 0 Å². The summed E-state index contributed by atoms with van der Waals surface area (Å²) in [5.74, 6) is 0.766. The zero-order valence-corrected chi connectivity index (χ0v) is 18.1. The van der Waals surface area contributed by atoms with Crippen molar-refractivity contribution in [2.75, 3.05) is 38.1 Å². The molecule has 1 aromatic heterocycles. The Labute approximate surface area is 177 Å². The van der Waals surface area contributed by atoms with E-state index in [2.05, 4.69) is 57.0 Å². The van der Waals surface area contributed by atoms with E-state index in [0.717, 1.165) is 36.9 Å². The molecule has 2 aromatic rings. The van der Waals surface area contributed by atoms with Crippen LogP contribution in [-0.2, 0) is 0 Å². The third kappa shape index (κ3) is 6.22. The second kappa shape index (κ2) is 10.9. The van der Waals surface area contributed by atoms with Crippen LogP contribution in [0.5, 0.6) is 0 Å². The fourth-order valence-corrected chi connectivity index (χ4v) is 4.08. The smallest absolute Gasteiger partial charge is 0.261 e. The summed E-state index contributed by atoms with van der Waals surface area (Å²) in [5, 5.41) is 11.6. The fourth-order valence-electron chi connectivity index (χ4n) is 3.44. The van der Waals surface area contributed by atoms with Crippen molar-refractivity contribution in [3.8, 4) is 0 Å². The molecule has 7 heteroatoms. The van der Waals surface area contributed by atoms with Gasteiger partial charge in [-0.1, -0.05) is 18.2 Å². The van der Waals surface area contributed by atoms with Crippen molar-refractivity contribution < 1.29 is 4.79 Å². The maximum absolute atomic E-state index is 11.9. The highest BCUT2D eigenvalue weighted by Crippen LogP contribution is 2.23. The van der Waals surface area contributed by atoms with E-state index in [1.807, 2.05) is 17.5 Å². The lowest BCUT2D eigenvalue weighted by Crippen LogP contribution is -2.40. The summed E-state index contributed by atoms with van der Waals surface area (Å²) >= 11 is 1.46. The average molecular weight is 414 g/mol. The summed E-state index contributed by atoms with van der Waals surface area (Å²) < 4.78 is 0. The quantitative estimate of drug-likeness (QED) is 0.352. The summed E-state index contributed by atoms with van der Waals surface area (Å²) in [5.41, 5.74) is 2.55. The second-order valence-electron chi connectivity index (χ2n) is 7.24. The van der Waals surface area contributed by atoms with Gasteiger partial charge in [0.1, 0.15) is 0 Å². The molecule has 1 aliphatic rings. The lowest BCUT2D eigenvalue weighted by molar-refractivity contribution is 0.0957. The van der Waals surface area contributed by atoms with E-state index in [9.17, 15) is 4.79 Å². The number of amides is 1. The zero-order valence-electron chi connectivity index (χ0n) is 17.3. The Morgan fingerprint density at radius 1 is 1.17 bits per heavy atom. The maximum Gasteiger partial charge on any atom is 0.261 e. The van der Waals surface area contributed by atoms with Crippen molar-refractivity contribution >= 4 is 28.9 Å². The van der Waals surface area contributed by atoms with E-state index < -0.39 is 0 Å². The Kier molecular flexibility index (Phi) is 7.93. The zero-order chi connectivity index (χ0) is 20.5. The SMILES string of the molecule is CN=C(NCCCNC(=O)c1cccs1)NC(C)c1cccc(N2CCCC2)c1. The van der Waals surface area contributed by atoms with Crippen molar-refractivity contribution in [2.45, 2.75) is 32.2 Å². The summed E-state index contributed by atoms with van der Waals surface area (Å²) in [6, 6.07) is 12.6. The molecule has 1 unspecified atom stereocenters. The normalized spacial score (nSPS) is 15.2. The van der Waals surface area contributed by atoms with Gasteiger partial charge in [0.25, 0.3) is 5.91 Å². The minimum Gasteiger partial charge on any atom is -0.372 e. The van der Waals surface area contributed by atoms with Crippen molar-refractivity contribution in [1.29, 1.82) is 0 Å². The first-order chi connectivity index (χ1) is 14.2. The van der Waals surface area contributed by atoms with Crippen LogP contribution in [0.2, 0.25) is 0 Å². The number of hydrogen-bond acceptors (Lipinski definition) is 4. The number of thiophene rings is 1. The topological polar surface area (TPSA) is 68.8 Å². The van der Waals surface area contributed by atoms with Gasteiger partial charge in [-0.05, 0) is 55.3 Å². The highest BCUT2D eigenvalue weighted by molar-refractivity contribution is 7.12. The van der Waals surface area contributed by atoms with Gasteiger partial charge in [0.15, 0.2) is 5.96 Å². The molecule has 0 bridgehead atoms. The predicted molar refractivity (Wildman–Crippen MR) is 122 cm³/mol. The molecular formula is C22H31N5OS. The van der Waals surface area contributed by atoms with E-state index in [1.165, 1.54) is 35.4 Å². The lowest BCUT2D eigenvalue weighted by atomic mass is 10.1. The molecule has 1 aromatic carbocycles. The van der Waals surface area contributed by atoms with Crippen LogP contribution in [0.25, 0.3) is 0 Å². The number of carbonyl (C=O) groups is 1. The first-order valence-corrected chi connectivity index (χ1v) is 11.2. The second-order valence-corrected chi connectivity index (χ2v) is 8.19. The Bertz CT molecular complexity index is 799. The number of nitrogens with one attached hydrogen (secondary N) is 3. The molecule has 3 N–H and O–H groups in total. The molecule has 0 aliphatic carbocycles. The van der Waals surface area contributed by atoms with Crippen LogP contribution < -0.4 is 20.9 Å². The molecule has 1 fully saturated rings. The molecular weight excluding hydrogens is 382 g/mol. The van der Waals surface area contributed by atoms with Crippen LogP contribution in [0.3, 0.4) is 0 Å². The van der Waals surface area contributed by atoms with Crippen molar-refractivity contribution in [3.05, 3.63) is 52.2 Å². The number of benzene rings is 1. The molecule has 156 valence electrons. The number of anilines is 1. The molecule has 6 nitrogen and oxygen atoms in total. The summed E-state index contributed by atoms with van der Waals surface area (Å²) in [7, 11) is 1.78. The molecule has 1 atom stereocenters. The number of guanidine groups is 1. The van der Waals surface area contributed by atoms with Crippen LogP contribution in [-0.4, -0.2) is 45.1 Å². The van der Waals surface area contributed by atoms with E-state index >= 15 is 0 Å². The number of aliphatic imine (C=N–C) groups is 1. The van der Waals surface area contributed by atoms with Gasteiger partial charge in [0, 0.05) is 38.9 Å².